The summed E-state index contributed by atoms with van der Waals surface area (Å²) in [6.07, 6.45) is 2.62. The molecule has 32 heavy (non-hydrogen) atoms. The average Bonchev–Trinajstić information content (AvgIpc) is 2.83. The van der Waals surface area contributed by atoms with Gasteiger partial charge in [0.2, 0.25) is 5.91 Å². The summed E-state index contributed by atoms with van der Waals surface area (Å²) in [6, 6.07) is 21.9. The van der Waals surface area contributed by atoms with Crippen LogP contribution >= 0.6 is 11.9 Å². The number of carbonyl (C=O) groups excluding carboxylic acids is 1. The minimum Gasteiger partial charge on any atom is -0.493 e. The highest BCUT2D eigenvalue weighted by Crippen LogP contribution is 2.28. The van der Waals surface area contributed by atoms with Crippen LogP contribution in [-0.4, -0.2) is 32.9 Å². The first-order valence-electron chi connectivity index (χ1n) is 10.5. The van der Waals surface area contributed by atoms with Crippen molar-refractivity contribution in [3.63, 3.8) is 0 Å². The van der Waals surface area contributed by atoms with E-state index in [-0.39, 0.29) is 5.91 Å². The summed E-state index contributed by atoms with van der Waals surface area (Å²) in [5.41, 5.74) is 5.53. The SMILES string of the molecule is COc1ccc(CCNC(=O)C(NSC)c2ccc(-c3ccc(C)cc3)cc2)cc1OC. The number of ether oxygens (including phenoxy) is 2. The van der Waals surface area contributed by atoms with E-state index in [0.29, 0.717) is 24.5 Å². The fraction of sp³-hybridized carbons (Fsp3) is 0.269. The summed E-state index contributed by atoms with van der Waals surface area (Å²) >= 11 is 1.43. The number of methoxy groups -OCH3 is 2. The zero-order chi connectivity index (χ0) is 22.9. The van der Waals surface area contributed by atoms with E-state index in [1.807, 2.05) is 36.6 Å². The van der Waals surface area contributed by atoms with Gasteiger partial charge in [-0.1, -0.05) is 72.1 Å². The van der Waals surface area contributed by atoms with Crippen LogP contribution in [0.4, 0.5) is 0 Å². The molecular formula is C26H30N2O3S. The van der Waals surface area contributed by atoms with Crippen LogP contribution in [-0.2, 0) is 11.2 Å². The summed E-state index contributed by atoms with van der Waals surface area (Å²) in [5.74, 6) is 1.33. The molecule has 2 N–H and O–H groups in total. The van der Waals surface area contributed by atoms with Gasteiger partial charge in [-0.3, -0.25) is 4.79 Å². The van der Waals surface area contributed by atoms with E-state index in [2.05, 4.69) is 53.4 Å². The molecule has 5 nitrogen and oxygen atoms in total. The lowest BCUT2D eigenvalue weighted by Gasteiger charge is -2.18. The number of aryl methyl sites for hydroxylation is 1. The highest BCUT2D eigenvalue weighted by atomic mass is 32.2. The molecule has 3 rings (SSSR count). The topological polar surface area (TPSA) is 59.6 Å². The molecule has 1 unspecified atom stereocenters. The quantitative estimate of drug-likeness (QED) is 0.428. The normalized spacial score (nSPS) is 11.6. The predicted octanol–water partition coefficient (Wildman–Crippen LogP) is 4.95. The van der Waals surface area contributed by atoms with Crippen LogP contribution in [0, 0.1) is 6.92 Å². The molecule has 0 aliphatic heterocycles. The summed E-state index contributed by atoms with van der Waals surface area (Å²) in [6.45, 7) is 2.61. The summed E-state index contributed by atoms with van der Waals surface area (Å²) in [4.78, 5) is 12.9. The molecule has 0 saturated heterocycles. The molecule has 1 amide bonds. The summed E-state index contributed by atoms with van der Waals surface area (Å²) in [7, 11) is 3.23. The van der Waals surface area contributed by atoms with Crippen molar-refractivity contribution in [3.05, 3.63) is 83.4 Å². The number of nitrogens with one attached hydrogen (secondary N) is 2. The maximum Gasteiger partial charge on any atom is 0.242 e. The van der Waals surface area contributed by atoms with Gasteiger partial charge < -0.3 is 14.8 Å². The third-order valence-corrected chi connectivity index (χ3v) is 5.76. The Morgan fingerprint density at radius 2 is 1.53 bits per heavy atom. The van der Waals surface area contributed by atoms with E-state index in [0.717, 1.165) is 22.3 Å². The second-order valence-electron chi connectivity index (χ2n) is 7.47. The van der Waals surface area contributed by atoms with Gasteiger partial charge in [-0.2, -0.15) is 0 Å². The fourth-order valence-electron chi connectivity index (χ4n) is 3.47. The molecule has 0 aliphatic carbocycles. The van der Waals surface area contributed by atoms with Gasteiger partial charge in [-0.05, 0) is 54.0 Å². The Kier molecular flexibility index (Phi) is 8.59. The Labute approximate surface area is 194 Å². The lowest BCUT2D eigenvalue weighted by atomic mass is 10.00. The molecule has 168 valence electrons. The van der Waals surface area contributed by atoms with E-state index in [1.165, 1.54) is 17.5 Å². The van der Waals surface area contributed by atoms with Gasteiger partial charge in [0.25, 0.3) is 0 Å². The number of hydrogen-bond donors (Lipinski definition) is 2. The van der Waals surface area contributed by atoms with Crippen molar-refractivity contribution in [2.24, 2.45) is 0 Å². The van der Waals surface area contributed by atoms with Crippen LogP contribution in [0.2, 0.25) is 0 Å². The van der Waals surface area contributed by atoms with Gasteiger partial charge in [0.15, 0.2) is 11.5 Å². The Hall–Kier alpha value is -2.96. The van der Waals surface area contributed by atoms with Crippen LogP contribution < -0.4 is 19.5 Å². The minimum atomic E-state index is -0.428. The third kappa shape index (κ3) is 6.05. The van der Waals surface area contributed by atoms with E-state index in [1.54, 1.807) is 14.2 Å². The molecule has 0 radical (unpaired) electrons. The first kappa shape index (κ1) is 23.7. The van der Waals surface area contributed by atoms with E-state index < -0.39 is 6.04 Å². The van der Waals surface area contributed by atoms with Crippen molar-refractivity contribution in [3.8, 4) is 22.6 Å². The molecule has 0 aliphatic rings. The predicted molar refractivity (Wildman–Crippen MR) is 132 cm³/mol. The van der Waals surface area contributed by atoms with Crippen LogP contribution in [0.5, 0.6) is 11.5 Å². The van der Waals surface area contributed by atoms with Crippen molar-refractivity contribution < 1.29 is 14.3 Å². The van der Waals surface area contributed by atoms with Gasteiger partial charge in [0.05, 0.1) is 14.2 Å². The number of carbonyl (C=O) groups is 1. The van der Waals surface area contributed by atoms with Crippen molar-refractivity contribution in [1.29, 1.82) is 0 Å². The molecule has 3 aromatic rings. The standard InChI is InChI=1S/C26H30N2O3S/c1-18-5-8-20(9-6-18)21-10-12-22(13-11-21)25(28-32-4)26(29)27-16-15-19-7-14-23(30-2)24(17-19)31-3/h5-14,17,25,28H,15-16H2,1-4H3,(H,27,29). The van der Waals surface area contributed by atoms with Gasteiger partial charge in [-0.25, -0.2) is 4.72 Å². The Balaban J connectivity index is 1.63. The lowest BCUT2D eigenvalue weighted by molar-refractivity contribution is -0.122. The number of benzene rings is 3. The number of amides is 1. The van der Waals surface area contributed by atoms with Crippen LogP contribution in [0.15, 0.2) is 66.7 Å². The van der Waals surface area contributed by atoms with Crippen LogP contribution in [0.1, 0.15) is 22.7 Å². The maximum atomic E-state index is 12.9. The third-order valence-electron chi connectivity index (χ3n) is 5.29. The van der Waals surface area contributed by atoms with Gasteiger partial charge in [0.1, 0.15) is 6.04 Å². The maximum absolute atomic E-state index is 12.9. The van der Waals surface area contributed by atoms with Gasteiger partial charge in [-0.15, -0.1) is 0 Å². The minimum absolute atomic E-state index is 0.0529. The highest BCUT2D eigenvalue weighted by Gasteiger charge is 2.19. The van der Waals surface area contributed by atoms with E-state index in [4.69, 9.17) is 9.47 Å². The Morgan fingerprint density at radius 1 is 0.906 bits per heavy atom. The van der Waals surface area contributed by atoms with Crippen molar-refractivity contribution in [2.75, 3.05) is 27.0 Å². The number of rotatable bonds is 10. The molecule has 0 heterocycles. The summed E-state index contributed by atoms with van der Waals surface area (Å²) < 4.78 is 13.8. The molecule has 1 atom stereocenters. The monoisotopic (exact) mass is 450 g/mol. The second-order valence-corrected chi connectivity index (χ2v) is 8.12. The van der Waals surface area contributed by atoms with Crippen molar-refractivity contribution in [2.45, 2.75) is 19.4 Å². The molecule has 0 spiro atoms. The molecule has 0 fully saturated rings. The zero-order valence-corrected chi connectivity index (χ0v) is 19.8. The molecule has 0 aromatic heterocycles. The lowest BCUT2D eigenvalue weighted by Crippen LogP contribution is -2.36. The molecule has 3 aromatic carbocycles. The molecule has 0 bridgehead atoms. The average molecular weight is 451 g/mol. The zero-order valence-electron chi connectivity index (χ0n) is 19.0. The second kappa shape index (κ2) is 11.6. The summed E-state index contributed by atoms with van der Waals surface area (Å²) in [5, 5.41) is 3.05. The highest BCUT2D eigenvalue weighted by molar-refractivity contribution is 7.96. The van der Waals surface area contributed by atoms with Gasteiger partial charge >= 0.3 is 0 Å². The van der Waals surface area contributed by atoms with E-state index in [9.17, 15) is 4.79 Å². The van der Waals surface area contributed by atoms with Crippen LogP contribution in [0.3, 0.4) is 0 Å². The first-order valence-corrected chi connectivity index (χ1v) is 11.7. The molecular weight excluding hydrogens is 420 g/mol. The number of hydrogen-bond acceptors (Lipinski definition) is 5. The first-order chi connectivity index (χ1) is 15.5. The van der Waals surface area contributed by atoms with Gasteiger partial charge in [0, 0.05) is 6.54 Å². The molecule has 6 heteroatoms. The largest absolute Gasteiger partial charge is 0.493 e. The Bertz CT molecular complexity index is 1020. The smallest absolute Gasteiger partial charge is 0.242 e. The van der Waals surface area contributed by atoms with Crippen molar-refractivity contribution >= 4 is 17.9 Å². The van der Waals surface area contributed by atoms with Crippen LogP contribution in [0.25, 0.3) is 11.1 Å². The fourth-order valence-corrected chi connectivity index (χ4v) is 3.95. The van der Waals surface area contributed by atoms with E-state index >= 15 is 0 Å². The van der Waals surface area contributed by atoms with Crippen molar-refractivity contribution in [1.82, 2.24) is 10.0 Å². The molecule has 0 saturated carbocycles. The Morgan fingerprint density at radius 3 is 2.12 bits per heavy atom.